The highest BCUT2D eigenvalue weighted by Gasteiger charge is 2.41. The van der Waals surface area contributed by atoms with Crippen LogP contribution in [0.3, 0.4) is 0 Å². The topological polar surface area (TPSA) is 86.9 Å². The first-order chi connectivity index (χ1) is 14.5. The predicted molar refractivity (Wildman–Crippen MR) is 114 cm³/mol. The third-order valence-electron chi connectivity index (χ3n) is 6.54. The number of piperidine rings is 1. The van der Waals surface area contributed by atoms with Crippen LogP contribution in [0.5, 0.6) is 5.88 Å². The van der Waals surface area contributed by atoms with Gasteiger partial charge in [0.15, 0.2) is 0 Å². The number of amides is 2. The first kappa shape index (κ1) is 20.5. The highest BCUT2D eigenvalue weighted by Crippen LogP contribution is 2.46. The number of fused-ring (bicyclic) bond motifs is 2. The van der Waals surface area contributed by atoms with Gasteiger partial charge in [0.25, 0.3) is 0 Å². The molecule has 8 heteroatoms. The number of aromatic nitrogens is 1. The van der Waals surface area contributed by atoms with Crippen molar-refractivity contribution < 1.29 is 19.1 Å². The fourth-order valence-corrected chi connectivity index (χ4v) is 5.09. The summed E-state index contributed by atoms with van der Waals surface area (Å²) >= 11 is 0. The Morgan fingerprint density at radius 3 is 2.77 bits per heavy atom. The monoisotopic (exact) mass is 414 g/mol. The zero-order valence-electron chi connectivity index (χ0n) is 18.0. The lowest BCUT2D eigenvalue weighted by Gasteiger charge is -2.45. The van der Waals surface area contributed by atoms with Crippen molar-refractivity contribution in [3.63, 3.8) is 0 Å². The number of nitrogens with one attached hydrogen (secondary N) is 2. The molecule has 2 heterocycles. The van der Waals surface area contributed by atoms with E-state index in [1.54, 1.807) is 0 Å². The summed E-state index contributed by atoms with van der Waals surface area (Å²) in [6.07, 6.45) is 0.942. The molecular weight excluding hydrogens is 384 g/mol. The van der Waals surface area contributed by atoms with Gasteiger partial charge in [-0.15, -0.1) is 0 Å². The summed E-state index contributed by atoms with van der Waals surface area (Å²) < 4.78 is 10.1. The van der Waals surface area contributed by atoms with E-state index in [2.05, 4.69) is 33.1 Å². The van der Waals surface area contributed by atoms with E-state index in [9.17, 15) is 9.59 Å². The highest BCUT2D eigenvalue weighted by atomic mass is 16.7. The number of urea groups is 1. The number of likely N-dealkylation sites (tertiary alicyclic amines) is 1. The lowest BCUT2D eigenvalue weighted by Crippen LogP contribution is -2.56. The van der Waals surface area contributed by atoms with Crippen molar-refractivity contribution in [3.05, 3.63) is 29.3 Å². The molecule has 2 aromatic rings. The fraction of sp³-hybridized carbons (Fsp3) is 0.545. The van der Waals surface area contributed by atoms with Crippen molar-refractivity contribution in [3.8, 4) is 5.88 Å². The number of benzene rings is 1. The van der Waals surface area contributed by atoms with Gasteiger partial charge in [-0.25, -0.2) is 9.59 Å². The summed E-state index contributed by atoms with van der Waals surface area (Å²) in [5.41, 5.74) is 3.21. The summed E-state index contributed by atoms with van der Waals surface area (Å²) in [7, 11) is 3.41. The molecular formula is C22H30N4O4. The Bertz CT molecular complexity index is 952. The molecule has 3 atom stereocenters. The maximum Gasteiger partial charge on any atom is 0.514 e. The van der Waals surface area contributed by atoms with Gasteiger partial charge in [0.05, 0.1) is 7.11 Å². The Labute approximate surface area is 176 Å². The van der Waals surface area contributed by atoms with Crippen LogP contribution in [0.25, 0.3) is 10.9 Å². The van der Waals surface area contributed by atoms with Crippen LogP contribution < -0.4 is 10.1 Å². The lowest BCUT2D eigenvalue weighted by molar-refractivity contribution is 0.116. The molecule has 1 unspecified atom stereocenters. The Morgan fingerprint density at radius 1 is 1.30 bits per heavy atom. The van der Waals surface area contributed by atoms with Crippen LogP contribution in [0.4, 0.5) is 9.59 Å². The van der Waals surface area contributed by atoms with Gasteiger partial charge in [-0.05, 0) is 45.4 Å². The minimum absolute atomic E-state index is 0.00182. The number of methoxy groups -OCH3 is 1. The van der Waals surface area contributed by atoms with E-state index in [1.807, 2.05) is 30.9 Å². The SMILES string of the molecule is CCN(CC)C(=O)N[C@H]1CC2c3cccc4[nH]c(OC(=O)OC)c(c34)C[C@H]2N(C)C1. The predicted octanol–water partition coefficient (Wildman–Crippen LogP) is 3.08. The van der Waals surface area contributed by atoms with Crippen molar-refractivity contribution in [1.82, 2.24) is 20.1 Å². The van der Waals surface area contributed by atoms with E-state index in [1.165, 1.54) is 12.7 Å². The van der Waals surface area contributed by atoms with E-state index in [4.69, 9.17) is 4.74 Å². The second kappa shape index (κ2) is 8.18. The Balaban J connectivity index is 1.64. The van der Waals surface area contributed by atoms with Crippen molar-refractivity contribution in [2.24, 2.45) is 0 Å². The van der Waals surface area contributed by atoms with Crippen LogP contribution >= 0.6 is 0 Å². The average Bonchev–Trinajstić information content (AvgIpc) is 3.08. The summed E-state index contributed by atoms with van der Waals surface area (Å²) in [6.45, 7) is 6.18. The fourth-order valence-electron chi connectivity index (χ4n) is 5.09. The molecule has 1 aliphatic heterocycles. The number of aromatic amines is 1. The molecule has 2 amide bonds. The smallest absolute Gasteiger partial charge is 0.437 e. The molecule has 0 bridgehead atoms. The third-order valence-corrected chi connectivity index (χ3v) is 6.54. The number of ether oxygens (including phenoxy) is 2. The molecule has 0 saturated carbocycles. The minimum Gasteiger partial charge on any atom is -0.437 e. The van der Waals surface area contributed by atoms with Crippen LogP contribution in [-0.2, 0) is 11.2 Å². The van der Waals surface area contributed by atoms with Crippen molar-refractivity contribution >= 4 is 23.1 Å². The Morgan fingerprint density at radius 2 is 2.07 bits per heavy atom. The van der Waals surface area contributed by atoms with Gasteiger partial charge in [-0.3, -0.25) is 0 Å². The Hall–Kier alpha value is -2.74. The molecule has 4 rings (SSSR count). The van der Waals surface area contributed by atoms with Crippen molar-refractivity contribution in [1.29, 1.82) is 0 Å². The highest BCUT2D eigenvalue weighted by molar-refractivity contribution is 5.91. The number of likely N-dealkylation sites (N-methyl/N-ethyl adjacent to an activating group) is 1. The quantitative estimate of drug-likeness (QED) is 0.751. The molecule has 30 heavy (non-hydrogen) atoms. The molecule has 0 spiro atoms. The second-order valence-electron chi connectivity index (χ2n) is 8.13. The molecule has 1 fully saturated rings. The number of carbonyl (C=O) groups is 2. The number of nitrogens with zero attached hydrogens (tertiary/aromatic N) is 2. The molecule has 2 N–H and O–H groups in total. The minimum atomic E-state index is -0.724. The van der Waals surface area contributed by atoms with Gasteiger partial charge in [-0.1, -0.05) is 12.1 Å². The molecule has 1 aliphatic carbocycles. The molecule has 8 nitrogen and oxygen atoms in total. The van der Waals surface area contributed by atoms with Crippen molar-refractivity contribution in [2.75, 3.05) is 33.8 Å². The van der Waals surface area contributed by atoms with Crippen LogP contribution in [-0.4, -0.2) is 72.8 Å². The summed E-state index contributed by atoms with van der Waals surface area (Å²) in [6, 6.07) is 6.55. The van der Waals surface area contributed by atoms with Gasteiger partial charge in [-0.2, -0.15) is 0 Å². The van der Waals surface area contributed by atoms with Gasteiger partial charge in [0, 0.05) is 54.1 Å². The van der Waals surface area contributed by atoms with E-state index >= 15 is 0 Å². The average molecular weight is 415 g/mol. The molecule has 162 valence electrons. The summed E-state index contributed by atoms with van der Waals surface area (Å²) in [4.78, 5) is 31.7. The number of hydrogen-bond donors (Lipinski definition) is 2. The molecule has 1 aromatic carbocycles. The molecule has 1 aromatic heterocycles. The zero-order chi connectivity index (χ0) is 21.4. The van der Waals surface area contributed by atoms with E-state index in [0.717, 1.165) is 35.9 Å². The number of carbonyl (C=O) groups excluding carboxylic acids is 2. The van der Waals surface area contributed by atoms with Gasteiger partial charge < -0.3 is 29.6 Å². The first-order valence-corrected chi connectivity index (χ1v) is 10.6. The Kier molecular flexibility index (Phi) is 5.60. The van der Waals surface area contributed by atoms with Crippen LogP contribution in [0, 0.1) is 0 Å². The molecule has 0 radical (unpaired) electrons. The van der Waals surface area contributed by atoms with Crippen LogP contribution in [0.2, 0.25) is 0 Å². The van der Waals surface area contributed by atoms with E-state index < -0.39 is 6.16 Å². The maximum atomic E-state index is 12.6. The third kappa shape index (κ3) is 3.49. The lowest BCUT2D eigenvalue weighted by atomic mass is 9.74. The largest absolute Gasteiger partial charge is 0.514 e. The van der Waals surface area contributed by atoms with Gasteiger partial charge in [0.1, 0.15) is 0 Å². The van der Waals surface area contributed by atoms with Gasteiger partial charge in [0.2, 0.25) is 5.88 Å². The van der Waals surface area contributed by atoms with Gasteiger partial charge >= 0.3 is 12.2 Å². The zero-order valence-corrected chi connectivity index (χ0v) is 18.0. The number of rotatable bonds is 4. The normalized spacial score (nSPS) is 23.0. The van der Waals surface area contributed by atoms with Crippen LogP contribution in [0.15, 0.2) is 18.2 Å². The molecule has 1 saturated heterocycles. The standard InChI is InChI=1S/C22H30N4O4/c1-5-26(6-2)21(27)23-13-10-15-14-8-7-9-17-19(14)16(11-18(15)25(3)12-13)20(24-17)30-22(28)29-4/h7-9,13,15,18,24H,5-6,10-12H2,1-4H3,(H,23,27)/t13-,15?,18+/m0/s1. The van der Waals surface area contributed by atoms with Crippen LogP contribution in [0.1, 0.15) is 37.3 Å². The second-order valence-corrected chi connectivity index (χ2v) is 8.13. The first-order valence-electron chi connectivity index (χ1n) is 10.6. The van der Waals surface area contributed by atoms with Crippen molar-refractivity contribution in [2.45, 2.75) is 44.7 Å². The number of hydrogen-bond acceptors (Lipinski definition) is 5. The summed E-state index contributed by atoms with van der Waals surface area (Å²) in [5.74, 6) is 0.761. The van der Waals surface area contributed by atoms with E-state index in [0.29, 0.717) is 24.9 Å². The van der Waals surface area contributed by atoms with E-state index in [-0.39, 0.29) is 18.1 Å². The maximum absolute atomic E-state index is 12.6. The summed E-state index contributed by atoms with van der Waals surface area (Å²) in [5, 5.41) is 4.36. The number of H-pyrrole nitrogens is 1. The molecule has 2 aliphatic rings.